The molecule has 0 aromatic heterocycles. The number of likely N-dealkylation sites (N-methyl/N-ethyl adjacent to an activating group) is 1. The maximum Gasteiger partial charge on any atom is 0.323 e. The van der Waals surface area contributed by atoms with E-state index in [1.54, 1.807) is 17.0 Å². The molecule has 10 nitrogen and oxygen atoms in total. The van der Waals surface area contributed by atoms with Gasteiger partial charge in [-0.2, -0.15) is 0 Å². The van der Waals surface area contributed by atoms with Gasteiger partial charge in [-0.25, -0.2) is 0 Å². The standard InChI is InChI=1S/C30H42N2O8/c1-8-31(17-26(33)34)22-11-9-20(29(2,3)4)15-24(22)39-13-14-40-25-16-21(30(5,6)7)10-12-23(25)32(18-27(35)36)19-28(37)38/h9-12,15-16H,8,13-14,17-19H2,1-7H3,(H,33,34)(H,35,36)(H,37,38). The van der Waals surface area contributed by atoms with E-state index in [4.69, 9.17) is 9.47 Å². The molecular weight excluding hydrogens is 516 g/mol. The van der Waals surface area contributed by atoms with Crippen molar-refractivity contribution < 1.29 is 39.2 Å². The summed E-state index contributed by atoms with van der Waals surface area (Å²) in [4.78, 5) is 37.3. The van der Waals surface area contributed by atoms with E-state index in [9.17, 15) is 29.7 Å². The van der Waals surface area contributed by atoms with Crippen molar-refractivity contribution in [2.75, 3.05) is 49.2 Å². The normalized spacial score (nSPS) is 11.6. The molecule has 0 bridgehead atoms. The summed E-state index contributed by atoms with van der Waals surface area (Å²) in [7, 11) is 0. The first-order chi connectivity index (χ1) is 18.5. The highest BCUT2D eigenvalue weighted by atomic mass is 16.5. The molecule has 0 aliphatic rings. The van der Waals surface area contributed by atoms with Crippen molar-refractivity contribution in [2.45, 2.75) is 59.3 Å². The van der Waals surface area contributed by atoms with Crippen LogP contribution in [-0.2, 0) is 25.2 Å². The minimum atomic E-state index is -1.16. The fraction of sp³-hybridized carbons (Fsp3) is 0.500. The molecule has 3 N–H and O–H groups in total. The molecule has 10 heteroatoms. The molecular formula is C30H42N2O8. The summed E-state index contributed by atoms with van der Waals surface area (Å²) in [5.41, 5.74) is 2.58. The number of ether oxygens (including phenoxy) is 2. The van der Waals surface area contributed by atoms with Crippen molar-refractivity contribution in [3.63, 3.8) is 0 Å². The predicted molar refractivity (Wildman–Crippen MR) is 154 cm³/mol. The fourth-order valence-electron chi connectivity index (χ4n) is 4.10. The smallest absolute Gasteiger partial charge is 0.323 e. The Labute approximate surface area is 236 Å². The number of rotatable bonds is 14. The number of nitrogens with zero attached hydrogens (tertiary/aromatic N) is 2. The maximum atomic E-state index is 11.5. The van der Waals surface area contributed by atoms with Gasteiger partial charge in [0.2, 0.25) is 0 Å². The molecule has 0 saturated carbocycles. The van der Waals surface area contributed by atoms with Crippen molar-refractivity contribution in [1.29, 1.82) is 0 Å². The van der Waals surface area contributed by atoms with E-state index in [1.165, 1.54) is 4.90 Å². The Kier molecular flexibility index (Phi) is 10.8. The van der Waals surface area contributed by atoms with Crippen molar-refractivity contribution in [2.24, 2.45) is 0 Å². The Morgan fingerprint density at radius 2 is 1.00 bits per heavy atom. The van der Waals surface area contributed by atoms with Crippen molar-refractivity contribution >= 4 is 29.3 Å². The van der Waals surface area contributed by atoms with E-state index >= 15 is 0 Å². The van der Waals surface area contributed by atoms with Crippen LogP contribution >= 0.6 is 0 Å². The second-order valence-electron chi connectivity index (χ2n) is 11.6. The lowest BCUT2D eigenvalue weighted by Crippen LogP contribution is -2.35. The topological polar surface area (TPSA) is 137 Å². The first-order valence-electron chi connectivity index (χ1n) is 13.2. The SMILES string of the molecule is CCN(CC(=O)O)c1ccc(C(C)(C)C)cc1OCCOc1cc(C(C)(C)C)ccc1N(CC(=O)O)CC(=O)O. The Balaban J connectivity index is 2.36. The number of carboxylic acid groups (broad SMARTS) is 3. The predicted octanol–water partition coefficient (Wildman–Crippen LogP) is 4.63. The molecule has 0 aliphatic carbocycles. The maximum absolute atomic E-state index is 11.5. The summed E-state index contributed by atoms with van der Waals surface area (Å²) >= 11 is 0. The van der Waals surface area contributed by atoms with Gasteiger partial charge in [-0.3, -0.25) is 14.4 Å². The molecule has 220 valence electrons. The Morgan fingerprint density at radius 3 is 1.32 bits per heavy atom. The molecule has 2 rings (SSSR count). The van der Waals surface area contributed by atoms with Crippen LogP contribution in [0.15, 0.2) is 36.4 Å². The van der Waals surface area contributed by atoms with Gasteiger partial charge in [0.05, 0.1) is 11.4 Å². The lowest BCUT2D eigenvalue weighted by atomic mass is 9.87. The highest BCUT2D eigenvalue weighted by molar-refractivity contribution is 5.81. The van der Waals surface area contributed by atoms with Gasteiger partial charge in [0.25, 0.3) is 0 Å². The monoisotopic (exact) mass is 558 g/mol. The third-order valence-corrected chi connectivity index (χ3v) is 6.29. The molecule has 0 radical (unpaired) electrons. The Bertz CT molecular complexity index is 1180. The van der Waals surface area contributed by atoms with Crippen LogP contribution in [0.25, 0.3) is 0 Å². The number of carboxylic acids is 3. The van der Waals surface area contributed by atoms with Crippen LogP contribution in [-0.4, -0.2) is 72.6 Å². The highest BCUT2D eigenvalue weighted by Gasteiger charge is 2.23. The quantitative estimate of drug-likeness (QED) is 0.282. The van der Waals surface area contributed by atoms with Crippen molar-refractivity contribution in [3.8, 4) is 11.5 Å². The van der Waals surface area contributed by atoms with Crippen LogP contribution in [0.5, 0.6) is 11.5 Å². The molecule has 2 aromatic rings. The number of anilines is 2. The summed E-state index contributed by atoms with van der Waals surface area (Å²) in [6, 6.07) is 11.0. The molecule has 0 fully saturated rings. The molecule has 40 heavy (non-hydrogen) atoms. The van der Waals surface area contributed by atoms with Crippen molar-refractivity contribution in [3.05, 3.63) is 47.5 Å². The summed E-state index contributed by atoms with van der Waals surface area (Å²) in [6.45, 7) is 13.7. The van der Waals surface area contributed by atoms with Crippen LogP contribution < -0.4 is 19.3 Å². The first kappa shape index (κ1) is 32.3. The van der Waals surface area contributed by atoms with E-state index in [-0.39, 0.29) is 30.6 Å². The van der Waals surface area contributed by atoms with Crippen molar-refractivity contribution in [1.82, 2.24) is 0 Å². The zero-order valence-electron chi connectivity index (χ0n) is 24.5. The second kappa shape index (κ2) is 13.4. The molecule has 0 amide bonds. The van der Waals surface area contributed by atoms with Gasteiger partial charge in [-0.1, -0.05) is 53.7 Å². The Hall–Kier alpha value is -3.95. The average molecular weight is 559 g/mol. The molecule has 0 saturated heterocycles. The van der Waals surface area contributed by atoms with E-state index < -0.39 is 31.0 Å². The molecule has 0 unspecified atom stereocenters. The number of aliphatic carboxylic acids is 3. The van der Waals surface area contributed by atoms with Gasteiger partial charge in [0.15, 0.2) is 0 Å². The Morgan fingerprint density at radius 1 is 0.650 bits per heavy atom. The van der Waals surface area contributed by atoms with E-state index in [0.717, 1.165) is 11.1 Å². The van der Waals surface area contributed by atoms with Crippen LogP contribution in [0, 0.1) is 0 Å². The van der Waals surface area contributed by atoms with E-state index in [2.05, 4.69) is 20.8 Å². The third kappa shape index (κ3) is 9.36. The van der Waals surface area contributed by atoms with Crippen LogP contribution in [0.4, 0.5) is 11.4 Å². The van der Waals surface area contributed by atoms with Crippen LogP contribution in [0.2, 0.25) is 0 Å². The zero-order chi connectivity index (χ0) is 30.3. The first-order valence-corrected chi connectivity index (χ1v) is 13.2. The summed E-state index contributed by atoms with van der Waals surface area (Å²) in [5.74, 6) is -2.40. The highest BCUT2D eigenvalue weighted by Crippen LogP contribution is 2.36. The average Bonchev–Trinajstić information content (AvgIpc) is 2.82. The molecule has 0 aliphatic heterocycles. The summed E-state index contributed by atoms with van der Waals surface area (Å²) < 4.78 is 12.2. The third-order valence-electron chi connectivity index (χ3n) is 6.29. The van der Waals surface area contributed by atoms with Crippen LogP contribution in [0.3, 0.4) is 0 Å². The van der Waals surface area contributed by atoms with Gasteiger partial charge in [0.1, 0.15) is 44.3 Å². The minimum absolute atomic E-state index is 0.0822. The van der Waals surface area contributed by atoms with E-state index in [1.807, 2.05) is 52.0 Å². The largest absolute Gasteiger partial charge is 0.488 e. The molecule has 2 aromatic carbocycles. The van der Waals surface area contributed by atoms with Gasteiger partial charge in [-0.15, -0.1) is 0 Å². The second-order valence-corrected chi connectivity index (χ2v) is 11.6. The van der Waals surface area contributed by atoms with Gasteiger partial charge < -0.3 is 34.6 Å². The van der Waals surface area contributed by atoms with Gasteiger partial charge in [-0.05, 0) is 53.1 Å². The number of benzene rings is 2. The van der Waals surface area contributed by atoms with Crippen LogP contribution in [0.1, 0.15) is 59.6 Å². The summed E-state index contributed by atoms with van der Waals surface area (Å²) in [5, 5.41) is 28.1. The number of hydrogen-bond acceptors (Lipinski definition) is 7. The molecule has 0 atom stereocenters. The fourth-order valence-corrected chi connectivity index (χ4v) is 4.10. The van der Waals surface area contributed by atoms with E-state index in [0.29, 0.717) is 29.4 Å². The zero-order valence-corrected chi connectivity index (χ0v) is 24.5. The minimum Gasteiger partial charge on any atom is -0.488 e. The summed E-state index contributed by atoms with van der Waals surface area (Å²) in [6.07, 6.45) is 0. The number of hydrogen-bond donors (Lipinski definition) is 3. The lowest BCUT2D eigenvalue weighted by Gasteiger charge is -2.27. The number of carbonyl (C=O) groups is 3. The molecule has 0 spiro atoms. The lowest BCUT2D eigenvalue weighted by molar-refractivity contribution is -0.137. The van der Waals surface area contributed by atoms with Gasteiger partial charge >= 0.3 is 17.9 Å². The van der Waals surface area contributed by atoms with Gasteiger partial charge in [0, 0.05) is 6.54 Å². The molecule has 0 heterocycles.